The summed E-state index contributed by atoms with van der Waals surface area (Å²) in [5, 5.41) is 6.69. The number of nitrogens with zero attached hydrogens (tertiary/aromatic N) is 3. The molecule has 0 unspecified atom stereocenters. The van der Waals surface area contributed by atoms with Crippen molar-refractivity contribution in [2.45, 2.75) is 38.6 Å². The average Bonchev–Trinajstić information content (AvgIpc) is 3.19. The van der Waals surface area contributed by atoms with E-state index in [0.717, 1.165) is 24.1 Å². The Hall–Kier alpha value is -3.02. The minimum Gasteiger partial charge on any atom is -0.351 e. The van der Waals surface area contributed by atoms with Gasteiger partial charge < -0.3 is 10.6 Å². The summed E-state index contributed by atoms with van der Waals surface area (Å²) in [5.74, 6) is 0.978. The van der Waals surface area contributed by atoms with Crippen molar-refractivity contribution in [1.82, 2.24) is 15.0 Å². The van der Waals surface area contributed by atoms with Crippen LogP contribution in [0.15, 0.2) is 48.8 Å². The first-order valence-electron chi connectivity index (χ1n) is 9.27. The summed E-state index contributed by atoms with van der Waals surface area (Å²) in [6, 6.07) is 11.1. The number of hydrogen-bond acceptors (Lipinski definition) is 5. The number of nitrogens with one attached hydrogen (secondary N) is 2. The standard InChI is InChI=1S/C21H22FN5/c1-14-17(22)7-4-8-18(14)25-20-13-19(15-9-11-23-12-10-15)26-21(27-20)24-16-5-2-3-6-16/h4,7-13,16H,2-3,5-6H2,1H3,(H2,24,25,26,27). The van der Waals surface area contributed by atoms with E-state index in [1.807, 2.05) is 24.3 Å². The van der Waals surface area contributed by atoms with Crippen LogP contribution in [-0.4, -0.2) is 21.0 Å². The highest BCUT2D eigenvalue weighted by Crippen LogP contribution is 2.27. The van der Waals surface area contributed by atoms with E-state index in [1.165, 1.54) is 18.9 Å². The number of hydrogen-bond donors (Lipinski definition) is 2. The molecule has 0 bridgehead atoms. The molecule has 6 heteroatoms. The second-order valence-electron chi connectivity index (χ2n) is 6.86. The third-order valence-electron chi connectivity index (χ3n) is 4.92. The van der Waals surface area contributed by atoms with Crippen LogP contribution >= 0.6 is 0 Å². The molecule has 0 atom stereocenters. The SMILES string of the molecule is Cc1c(F)cccc1Nc1cc(-c2ccncc2)nc(NC2CCCC2)n1. The van der Waals surface area contributed by atoms with E-state index >= 15 is 0 Å². The molecule has 1 aliphatic rings. The highest BCUT2D eigenvalue weighted by atomic mass is 19.1. The molecule has 2 heterocycles. The number of aromatic nitrogens is 3. The van der Waals surface area contributed by atoms with Gasteiger partial charge in [-0.1, -0.05) is 18.9 Å². The molecule has 0 radical (unpaired) electrons. The van der Waals surface area contributed by atoms with Gasteiger partial charge in [-0.25, -0.2) is 9.37 Å². The topological polar surface area (TPSA) is 62.7 Å². The molecule has 0 aliphatic heterocycles. The fourth-order valence-corrected chi connectivity index (χ4v) is 3.38. The molecule has 1 aliphatic carbocycles. The highest BCUT2D eigenvalue weighted by molar-refractivity contribution is 5.68. The van der Waals surface area contributed by atoms with Gasteiger partial charge >= 0.3 is 0 Å². The quantitative estimate of drug-likeness (QED) is 0.661. The van der Waals surface area contributed by atoms with Crippen LogP contribution in [0.3, 0.4) is 0 Å². The Morgan fingerprint density at radius 1 is 1.04 bits per heavy atom. The number of pyridine rings is 1. The van der Waals surface area contributed by atoms with Gasteiger partial charge in [0.2, 0.25) is 5.95 Å². The monoisotopic (exact) mass is 363 g/mol. The summed E-state index contributed by atoms with van der Waals surface area (Å²) < 4.78 is 13.9. The Balaban J connectivity index is 1.69. The van der Waals surface area contributed by atoms with E-state index in [-0.39, 0.29) is 5.82 Å². The Labute approximate surface area is 158 Å². The normalized spacial score (nSPS) is 14.3. The lowest BCUT2D eigenvalue weighted by Crippen LogP contribution is -2.17. The smallest absolute Gasteiger partial charge is 0.225 e. The van der Waals surface area contributed by atoms with Crippen molar-refractivity contribution in [2.75, 3.05) is 10.6 Å². The minimum absolute atomic E-state index is 0.243. The lowest BCUT2D eigenvalue weighted by atomic mass is 10.1. The molecule has 1 saturated carbocycles. The fourth-order valence-electron chi connectivity index (χ4n) is 3.38. The third kappa shape index (κ3) is 4.05. The van der Waals surface area contributed by atoms with E-state index in [4.69, 9.17) is 0 Å². The Morgan fingerprint density at radius 3 is 2.59 bits per heavy atom. The molecule has 0 saturated heterocycles. The summed E-state index contributed by atoms with van der Waals surface area (Å²) in [5.41, 5.74) is 3.01. The van der Waals surface area contributed by atoms with Crippen LogP contribution in [0.2, 0.25) is 0 Å². The van der Waals surface area contributed by atoms with Gasteiger partial charge in [-0.3, -0.25) is 4.98 Å². The zero-order chi connectivity index (χ0) is 18.6. The Bertz CT molecular complexity index is 923. The van der Waals surface area contributed by atoms with Crippen LogP contribution in [0, 0.1) is 12.7 Å². The van der Waals surface area contributed by atoms with Gasteiger partial charge in [-0.2, -0.15) is 4.98 Å². The molecule has 0 spiro atoms. The summed E-state index contributed by atoms with van der Waals surface area (Å²) in [7, 11) is 0. The maximum atomic E-state index is 13.9. The average molecular weight is 363 g/mol. The van der Waals surface area contributed by atoms with Crippen LogP contribution in [0.5, 0.6) is 0 Å². The predicted molar refractivity (Wildman–Crippen MR) is 106 cm³/mol. The van der Waals surface area contributed by atoms with Crippen molar-refractivity contribution in [3.63, 3.8) is 0 Å². The molecule has 27 heavy (non-hydrogen) atoms. The van der Waals surface area contributed by atoms with Gasteiger partial charge in [-0.05, 0) is 44.0 Å². The first-order chi connectivity index (χ1) is 13.2. The molecule has 0 amide bonds. The van der Waals surface area contributed by atoms with Crippen LogP contribution in [0.1, 0.15) is 31.2 Å². The van der Waals surface area contributed by atoms with Crippen molar-refractivity contribution in [3.8, 4) is 11.3 Å². The van der Waals surface area contributed by atoms with Crippen LogP contribution in [0.4, 0.5) is 21.8 Å². The fraction of sp³-hybridized carbons (Fsp3) is 0.286. The second-order valence-corrected chi connectivity index (χ2v) is 6.86. The number of halogens is 1. The van der Waals surface area contributed by atoms with Gasteiger partial charge in [0, 0.05) is 41.3 Å². The van der Waals surface area contributed by atoms with Crippen molar-refractivity contribution in [2.24, 2.45) is 0 Å². The maximum Gasteiger partial charge on any atom is 0.225 e. The van der Waals surface area contributed by atoms with E-state index in [1.54, 1.807) is 25.4 Å². The maximum absolute atomic E-state index is 13.9. The Morgan fingerprint density at radius 2 is 1.81 bits per heavy atom. The van der Waals surface area contributed by atoms with Gasteiger partial charge in [0.15, 0.2) is 0 Å². The van der Waals surface area contributed by atoms with Crippen LogP contribution < -0.4 is 10.6 Å². The largest absolute Gasteiger partial charge is 0.351 e. The van der Waals surface area contributed by atoms with Crippen LogP contribution in [0.25, 0.3) is 11.3 Å². The number of anilines is 3. The number of benzene rings is 1. The summed E-state index contributed by atoms with van der Waals surface area (Å²) in [6.45, 7) is 1.75. The van der Waals surface area contributed by atoms with E-state index in [9.17, 15) is 4.39 Å². The minimum atomic E-state index is -0.243. The molecule has 1 fully saturated rings. The van der Waals surface area contributed by atoms with Crippen molar-refractivity contribution in [3.05, 3.63) is 60.2 Å². The Kier molecular flexibility index (Phi) is 4.96. The molecular weight excluding hydrogens is 341 g/mol. The molecule has 2 aromatic heterocycles. The molecule has 5 nitrogen and oxygen atoms in total. The molecule has 2 N–H and O–H groups in total. The molecule has 3 aromatic rings. The molecular formula is C21H22FN5. The van der Waals surface area contributed by atoms with Gasteiger partial charge in [0.1, 0.15) is 11.6 Å². The third-order valence-corrected chi connectivity index (χ3v) is 4.92. The zero-order valence-electron chi connectivity index (χ0n) is 15.2. The van der Waals surface area contributed by atoms with Gasteiger partial charge in [0.25, 0.3) is 0 Å². The molecule has 138 valence electrons. The van der Waals surface area contributed by atoms with Gasteiger partial charge in [0.05, 0.1) is 5.69 Å². The lowest BCUT2D eigenvalue weighted by molar-refractivity contribution is 0.619. The van der Waals surface area contributed by atoms with Crippen LogP contribution in [-0.2, 0) is 0 Å². The van der Waals surface area contributed by atoms with E-state index in [0.29, 0.717) is 29.1 Å². The van der Waals surface area contributed by atoms with Crippen molar-refractivity contribution >= 4 is 17.5 Å². The number of rotatable bonds is 5. The summed E-state index contributed by atoms with van der Waals surface area (Å²) in [4.78, 5) is 13.4. The highest BCUT2D eigenvalue weighted by Gasteiger charge is 2.17. The first-order valence-corrected chi connectivity index (χ1v) is 9.27. The van der Waals surface area contributed by atoms with Gasteiger partial charge in [-0.15, -0.1) is 0 Å². The van der Waals surface area contributed by atoms with Crippen molar-refractivity contribution in [1.29, 1.82) is 0 Å². The first kappa shape index (κ1) is 17.4. The summed E-state index contributed by atoms with van der Waals surface area (Å²) >= 11 is 0. The molecule has 1 aromatic carbocycles. The van der Waals surface area contributed by atoms with E-state index < -0.39 is 0 Å². The summed E-state index contributed by atoms with van der Waals surface area (Å²) in [6.07, 6.45) is 8.21. The second kappa shape index (κ2) is 7.70. The van der Waals surface area contributed by atoms with E-state index in [2.05, 4.69) is 25.6 Å². The predicted octanol–water partition coefficient (Wildman–Crippen LogP) is 5.08. The zero-order valence-corrected chi connectivity index (χ0v) is 15.2. The lowest BCUT2D eigenvalue weighted by Gasteiger charge is -2.15. The van der Waals surface area contributed by atoms with Crippen molar-refractivity contribution < 1.29 is 4.39 Å². The molecule has 4 rings (SSSR count).